The van der Waals surface area contributed by atoms with Crippen molar-refractivity contribution in [2.75, 3.05) is 7.11 Å². The fourth-order valence-electron chi connectivity index (χ4n) is 1.79. The van der Waals surface area contributed by atoms with E-state index >= 15 is 0 Å². The van der Waals surface area contributed by atoms with Gasteiger partial charge in [0.2, 0.25) is 0 Å². The van der Waals surface area contributed by atoms with Crippen LogP contribution < -0.4 is 10.5 Å². The lowest BCUT2D eigenvalue weighted by Crippen LogP contribution is -2.19. The Hall–Kier alpha value is -1.88. The fourth-order valence-corrected chi connectivity index (χ4v) is 1.79. The Morgan fingerprint density at radius 1 is 1.44 bits per heavy atom. The van der Waals surface area contributed by atoms with Crippen molar-refractivity contribution in [1.29, 1.82) is 0 Å². The van der Waals surface area contributed by atoms with Gasteiger partial charge in [-0.25, -0.2) is 4.39 Å². The summed E-state index contributed by atoms with van der Waals surface area (Å²) in [6.45, 7) is 2.47. The summed E-state index contributed by atoms with van der Waals surface area (Å²) in [5.74, 6) is -0.177. The Kier molecular flexibility index (Phi) is 3.62. The molecule has 1 aromatic heterocycles. The van der Waals surface area contributed by atoms with Gasteiger partial charge in [-0.2, -0.15) is 5.10 Å². The number of rotatable bonds is 4. The van der Waals surface area contributed by atoms with Gasteiger partial charge in [-0.05, 0) is 30.7 Å². The number of nitrogens with two attached hydrogens (primary N) is 1. The number of benzene rings is 1. The second-order valence-electron chi connectivity index (χ2n) is 4.16. The second kappa shape index (κ2) is 5.18. The third kappa shape index (κ3) is 2.51. The first-order valence-electron chi connectivity index (χ1n) is 5.69. The summed E-state index contributed by atoms with van der Waals surface area (Å²) >= 11 is 0. The SMILES string of the molecule is COc1ccc(C(N)Cn2nccc2C)cc1F. The van der Waals surface area contributed by atoms with E-state index in [9.17, 15) is 4.39 Å². The van der Waals surface area contributed by atoms with Gasteiger partial charge in [-0.3, -0.25) is 4.68 Å². The van der Waals surface area contributed by atoms with E-state index in [1.54, 1.807) is 23.0 Å². The van der Waals surface area contributed by atoms with Crippen molar-refractivity contribution in [3.63, 3.8) is 0 Å². The summed E-state index contributed by atoms with van der Waals surface area (Å²) in [6, 6.07) is 6.36. The van der Waals surface area contributed by atoms with Crippen LogP contribution in [0.4, 0.5) is 4.39 Å². The molecular weight excluding hydrogens is 233 g/mol. The third-order valence-electron chi connectivity index (χ3n) is 2.90. The quantitative estimate of drug-likeness (QED) is 0.902. The molecule has 4 nitrogen and oxygen atoms in total. The fraction of sp³-hybridized carbons (Fsp3) is 0.308. The number of aryl methyl sites for hydroxylation is 1. The van der Waals surface area contributed by atoms with Crippen LogP contribution in [0.5, 0.6) is 5.75 Å². The monoisotopic (exact) mass is 249 g/mol. The van der Waals surface area contributed by atoms with Crippen LogP contribution in [0.25, 0.3) is 0 Å². The summed E-state index contributed by atoms with van der Waals surface area (Å²) in [5.41, 5.74) is 7.80. The molecule has 96 valence electrons. The Balaban J connectivity index is 2.16. The van der Waals surface area contributed by atoms with Crippen LogP contribution in [0, 0.1) is 12.7 Å². The molecule has 0 bridgehead atoms. The predicted octanol–water partition coefficient (Wildman–Crippen LogP) is 2.04. The van der Waals surface area contributed by atoms with Crippen molar-refractivity contribution in [2.24, 2.45) is 5.73 Å². The van der Waals surface area contributed by atoms with Crippen molar-refractivity contribution in [3.05, 3.63) is 47.5 Å². The summed E-state index contributed by atoms with van der Waals surface area (Å²) in [4.78, 5) is 0. The van der Waals surface area contributed by atoms with Gasteiger partial charge in [-0.15, -0.1) is 0 Å². The molecule has 1 unspecified atom stereocenters. The molecule has 5 heteroatoms. The van der Waals surface area contributed by atoms with E-state index in [0.717, 1.165) is 11.3 Å². The van der Waals surface area contributed by atoms with Crippen molar-refractivity contribution in [3.8, 4) is 5.75 Å². The zero-order chi connectivity index (χ0) is 13.1. The molecule has 2 aromatic rings. The maximum Gasteiger partial charge on any atom is 0.165 e. The van der Waals surface area contributed by atoms with E-state index in [2.05, 4.69) is 5.10 Å². The van der Waals surface area contributed by atoms with Crippen LogP contribution in [0.3, 0.4) is 0 Å². The van der Waals surface area contributed by atoms with Crippen molar-refractivity contribution in [1.82, 2.24) is 9.78 Å². The molecule has 18 heavy (non-hydrogen) atoms. The number of halogens is 1. The smallest absolute Gasteiger partial charge is 0.165 e. The van der Waals surface area contributed by atoms with Crippen molar-refractivity contribution >= 4 is 0 Å². The lowest BCUT2D eigenvalue weighted by molar-refractivity contribution is 0.385. The molecular formula is C13H16FN3O. The number of hydrogen-bond acceptors (Lipinski definition) is 3. The van der Waals surface area contributed by atoms with Gasteiger partial charge >= 0.3 is 0 Å². The molecule has 1 atom stereocenters. The zero-order valence-electron chi connectivity index (χ0n) is 10.4. The largest absolute Gasteiger partial charge is 0.494 e. The van der Waals surface area contributed by atoms with E-state index in [1.807, 2.05) is 13.0 Å². The van der Waals surface area contributed by atoms with Gasteiger partial charge in [0.25, 0.3) is 0 Å². The molecule has 0 aliphatic heterocycles. The standard InChI is InChI=1S/C13H16FN3O/c1-9-5-6-16-17(9)8-12(15)10-3-4-13(18-2)11(14)7-10/h3-7,12H,8,15H2,1-2H3. The van der Waals surface area contributed by atoms with Crippen LogP contribution in [0.1, 0.15) is 17.3 Å². The van der Waals surface area contributed by atoms with Gasteiger partial charge in [-0.1, -0.05) is 6.07 Å². The molecule has 0 spiro atoms. The number of methoxy groups -OCH3 is 1. The zero-order valence-corrected chi connectivity index (χ0v) is 10.4. The van der Waals surface area contributed by atoms with Gasteiger partial charge in [0.05, 0.1) is 13.7 Å². The molecule has 0 fully saturated rings. The first kappa shape index (κ1) is 12.6. The summed E-state index contributed by atoms with van der Waals surface area (Å²) in [6.07, 6.45) is 1.72. The van der Waals surface area contributed by atoms with Crippen LogP contribution in [0.2, 0.25) is 0 Å². The molecule has 0 amide bonds. The van der Waals surface area contributed by atoms with Gasteiger partial charge in [0.15, 0.2) is 11.6 Å². The lowest BCUT2D eigenvalue weighted by atomic mass is 10.1. The average molecular weight is 249 g/mol. The molecule has 1 heterocycles. The molecule has 0 saturated heterocycles. The Bertz CT molecular complexity index is 539. The van der Waals surface area contributed by atoms with Gasteiger partial charge < -0.3 is 10.5 Å². The third-order valence-corrected chi connectivity index (χ3v) is 2.90. The molecule has 2 N–H and O–H groups in total. The van der Waals surface area contributed by atoms with Gasteiger partial charge in [0, 0.05) is 17.9 Å². The van der Waals surface area contributed by atoms with Crippen LogP contribution in [-0.2, 0) is 6.54 Å². The highest BCUT2D eigenvalue weighted by atomic mass is 19.1. The van der Waals surface area contributed by atoms with Gasteiger partial charge in [0.1, 0.15) is 0 Å². The minimum Gasteiger partial charge on any atom is -0.494 e. The normalized spacial score (nSPS) is 12.4. The summed E-state index contributed by atoms with van der Waals surface area (Å²) in [5, 5.41) is 4.16. The maximum atomic E-state index is 13.6. The number of nitrogens with zero attached hydrogens (tertiary/aromatic N) is 2. The average Bonchev–Trinajstić information content (AvgIpc) is 2.75. The summed E-state index contributed by atoms with van der Waals surface area (Å²) < 4.78 is 20.2. The molecule has 1 aromatic carbocycles. The molecule has 2 rings (SSSR count). The highest BCUT2D eigenvalue weighted by molar-refractivity contribution is 5.30. The molecule has 0 saturated carbocycles. The molecule has 0 radical (unpaired) electrons. The van der Waals surface area contributed by atoms with Crippen LogP contribution >= 0.6 is 0 Å². The molecule has 0 aliphatic rings. The van der Waals surface area contributed by atoms with E-state index in [4.69, 9.17) is 10.5 Å². The van der Waals surface area contributed by atoms with E-state index in [1.165, 1.54) is 13.2 Å². The van der Waals surface area contributed by atoms with E-state index < -0.39 is 5.82 Å². The number of aromatic nitrogens is 2. The Morgan fingerprint density at radius 3 is 2.78 bits per heavy atom. The maximum absolute atomic E-state index is 13.6. The van der Waals surface area contributed by atoms with Crippen molar-refractivity contribution in [2.45, 2.75) is 19.5 Å². The first-order valence-corrected chi connectivity index (χ1v) is 5.69. The van der Waals surface area contributed by atoms with Crippen LogP contribution in [-0.4, -0.2) is 16.9 Å². The highest BCUT2D eigenvalue weighted by Gasteiger charge is 2.11. The minimum absolute atomic E-state index is 0.223. The lowest BCUT2D eigenvalue weighted by Gasteiger charge is -2.14. The second-order valence-corrected chi connectivity index (χ2v) is 4.16. The Labute approximate surface area is 105 Å². The number of ether oxygens (including phenoxy) is 1. The first-order chi connectivity index (χ1) is 8.61. The van der Waals surface area contributed by atoms with Crippen molar-refractivity contribution < 1.29 is 9.13 Å². The topological polar surface area (TPSA) is 53.1 Å². The highest BCUT2D eigenvalue weighted by Crippen LogP contribution is 2.21. The van der Waals surface area contributed by atoms with E-state index in [-0.39, 0.29) is 11.8 Å². The van der Waals surface area contributed by atoms with Crippen LogP contribution in [0.15, 0.2) is 30.5 Å². The Morgan fingerprint density at radius 2 is 2.22 bits per heavy atom. The summed E-state index contributed by atoms with van der Waals surface area (Å²) in [7, 11) is 1.44. The van der Waals surface area contributed by atoms with E-state index in [0.29, 0.717) is 6.54 Å². The number of hydrogen-bond donors (Lipinski definition) is 1. The minimum atomic E-state index is -0.400. The predicted molar refractivity (Wildman–Crippen MR) is 66.8 cm³/mol. The molecule has 0 aliphatic carbocycles.